The molecule has 1 aliphatic heterocycles. The van der Waals surface area contributed by atoms with Crippen molar-refractivity contribution < 1.29 is 0 Å². The van der Waals surface area contributed by atoms with Crippen LogP contribution < -0.4 is 4.90 Å². The van der Waals surface area contributed by atoms with Gasteiger partial charge in [0, 0.05) is 55.4 Å². The summed E-state index contributed by atoms with van der Waals surface area (Å²) in [4.78, 5) is 20.5. The maximum absolute atomic E-state index is 4.97. The molecule has 0 aromatic carbocycles. The van der Waals surface area contributed by atoms with E-state index in [1.54, 1.807) is 12.4 Å². The minimum Gasteiger partial charge on any atom is -0.340 e. The molecule has 3 aromatic heterocycles. The first kappa shape index (κ1) is 16.7. The molecule has 0 amide bonds. The van der Waals surface area contributed by atoms with Crippen LogP contribution in [0.4, 0.5) is 5.95 Å². The predicted octanol–water partition coefficient (Wildman–Crippen LogP) is 3.56. The summed E-state index contributed by atoms with van der Waals surface area (Å²) in [6.45, 7) is 6.21. The Morgan fingerprint density at radius 2 is 1.88 bits per heavy atom. The molecular formula is C20H24N6. The Labute approximate surface area is 154 Å². The lowest BCUT2D eigenvalue weighted by Crippen LogP contribution is -2.35. The van der Waals surface area contributed by atoms with Crippen molar-refractivity contribution >= 4 is 5.95 Å². The van der Waals surface area contributed by atoms with Crippen LogP contribution in [-0.2, 0) is 0 Å². The lowest BCUT2D eigenvalue weighted by Gasteiger charge is -2.32. The monoisotopic (exact) mass is 348 g/mol. The van der Waals surface area contributed by atoms with Gasteiger partial charge in [-0.2, -0.15) is 0 Å². The van der Waals surface area contributed by atoms with Crippen LogP contribution in [0.25, 0.3) is 5.82 Å². The molecule has 0 spiro atoms. The quantitative estimate of drug-likeness (QED) is 0.721. The van der Waals surface area contributed by atoms with E-state index in [0.717, 1.165) is 49.2 Å². The van der Waals surface area contributed by atoms with Gasteiger partial charge in [-0.1, -0.05) is 19.9 Å². The number of nitrogens with zero attached hydrogens (tertiary/aromatic N) is 6. The van der Waals surface area contributed by atoms with Gasteiger partial charge >= 0.3 is 0 Å². The van der Waals surface area contributed by atoms with Gasteiger partial charge in [0.2, 0.25) is 5.95 Å². The van der Waals surface area contributed by atoms with E-state index in [1.165, 1.54) is 0 Å². The van der Waals surface area contributed by atoms with E-state index in [2.05, 4.69) is 56.5 Å². The summed E-state index contributed by atoms with van der Waals surface area (Å²) in [6, 6.07) is 8.14. The van der Waals surface area contributed by atoms with Gasteiger partial charge in [0.15, 0.2) is 0 Å². The molecule has 1 fully saturated rings. The number of hydrogen-bond acceptors (Lipinski definition) is 5. The number of aromatic nitrogens is 5. The Hall–Kier alpha value is -2.76. The Morgan fingerprint density at radius 1 is 1.04 bits per heavy atom. The second-order valence-electron chi connectivity index (χ2n) is 7.06. The summed E-state index contributed by atoms with van der Waals surface area (Å²) in [5, 5.41) is 0. The van der Waals surface area contributed by atoms with E-state index in [9.17, 15) is 0 Å². The van der Waals surface area contributed by atoms with Crippen molar-refractivity contribution in [3.05, 3.63) is 60.6 Å². The number of hydrogen-bond donors (Lipinski definition) is 0. The summed E-state index contributed by atoms with van der Waals surface area (Å²) in [6.07, 6.45) is 9.71. The zero-order valence-corrected chi connectivity index (χ0v) is 15.3. The van der Waals surface area contributed by atoms with Crippen molar-refractivity contribution in [3.8, 4) is 5.82 Å². The summed E-state index contributed by atoms with van der Waals surface area (Å²) >= 11 is 0. The van der Waals surface area contributed by atoms with Crippen LogP contribution >= 0.6 is 0 Å². The number of imidazole rings is 1. The van der Waals surface area contributed by atoms with Crippen molar-refractivity contribution in [3.63, 3.8) is 0 Å². The minimum atomic E-state index is 0.357. The van der Waals surface area contributed by atoms with E-state index < -0.39 is 0 Å². The number of piperidine rings is 1. The molecule has 0 unspecified atom stereocenters. The zero-order valence-electron chi connectivity index (χ0n) is 15.3. The highest BCUT2D eigenvalue weighted by atomic mass is 15.3. The van der Waals surface area contributed by atoms with E-state index in [1.807, 2.05) is 18.5 Å². The maximum atomic E-state index is 4.97. The molecule has 0 bridgehead atoms. The summed E-state index contributed by atoms with van der Waals surface area (Å²) in [5.41, 5.74) is 1.13. The Morgan fingerprint density at radius 3 is 2.69 bits per heavy atom. The molecule has 0 N–H and O–H groups in total. The van der Waals surface area contributed by atoms with Crippen LogP contribution in [0.1, 0.15) is 50.0 Å². The average molecular weight is 348 g/mol. The standard InChI is InChI=1S/C20H24N6/c1-15(2)19-21-11-13-26(19)18-8-3-7-17(24-18)16-6-4-12-25(14-16)20-22-9-5-10-23-20/h3,5,7-11,13,15-16H,4,6,12,14H2,1-2H3/t16-/m0/s1. The van der Waals surface area contributed by atoms with Gasteiger partial charge in [-0.3, -0.25) is 4.57 Å². The third kappa shape index (κ3) is 3.31. The molecule has 1 atom stereocenters. The van der Waals surface area contributed by atoms with Gasteiger partial charge in [0.1, 0.15) is 11.6 Å². The number of rotatable bonds is 4. The van der Waals surface area contributed by atoms with Crippen molar-refractivity contribution in [1.29, 1.82) is 0 Å². The second kappa shape index (κ2) is 7.23. The largest absolute Gasteiger partial charge is 0.340 e. The molecule has 0 radical (unpaired) electrons. The van der Waals surface area contributed by atoms with Gasteiger partial charge in [0.05, 0.1) is 0 Å². The van der Waals surface area contributed by atoms with E-state index >= 15 is 0 Å². The summed E-state index contributed by atoms with van der Waals surface area (Å²) in [5.74, 6) is 3.54. The molecule has 6 heteroatoms. The van der Waals surface area contributed by atoms with Crippen LogP contribution in [0.5, 0.6) is 0 Å². The zero-order chi connectivity index (χ0) is 17.9. The smallest absolute Gasteiger partial charge is 0.225 e. The first-order valence-corrected chi connectivity index (χ1v) is 9.25. The Balaban J connectivity index is 1.59. The number of pyridine rings is 1. The first-order chi connectivity index (χ1) is 12.7. The minimum absolute atomic E-state index is 0.357. The normalized spacial score (nSPS) is 17.7. The fraction of sp³-hybridized carbons (Fsp3) is 0.400. The van der Waals surface area contributed by atoms with Crippen molar-refractivity contribution in [2.75, 3.05) is 18.0 Å². The molecule has 4 rings (SSSR count). The molecule has 0 saturated carbocycles. The predicted molar refractivity (Wildman–Crippen MR) is 102 cm³/mol. The van der Waals surface area contributed by atoms with Crippen molar-refractivity contribution in [2.45, 2.75) is 38.5 Å². The lowest BCUT2D eigenvalue weighted by atomic mass is 9.94. The summed E-state index contributed by atoms with van der Waals surface area (Å²) in [7, 11) is 0. The van der Waals surface area contributed by atoms with Gasteiger partial charge in [-0.05, 0) is 31.0 Å². The highest BCUT2D eigenvalue weighted by Crippen LogP contribution is 2.28. The molecule has 26 heavy (non-hydrogen) atoms. The van der Waals surface area contributed by atoms with Gasteiger partial charge < -0.3 is 4.90 Å². The van der Waals surface area contributed by atoms with Crippen molar-refractivity contribution in [2.24, 2.45) is 0 Å². The molecule has 3 aromatic rings. The average Bonchev–Trinajstić information content (AvgIpc) is 3.19. The van der Waals surface area contributed by atoms with Crippen LogP contribution in [0.2, 0.25) is 0 Å². The fourth-order valence-electron chi connectivity index (χ4n) is 3.59. The Bertz CT molecular complexity index is 858. The Kier molecular flexibility index (Phi) is 4.65. The number of anilines is 1. The van der Waals surface area contributed by atoms with Gasteiger partial charge in [-0.25, -0.2) is 19.9 Å². The highest BCUT2D eigenvalue weighted by molar-refractivity contribution is 5.33. The SMILES string of the molecule is CC(C)c1nccn1-c1cccc([C@H]2CCCN(c3ncccn3)C2)n1. The molecule has 4 heterocycles. The second-order valence-corrected chi connectivity index (χ2v) is 7.06. The molecule has 0 aliphatic carbocycles. The van der Waals surface area contributed by atoms with Crippen LogP contribution in [0.15, 0.2) is 49.1 Å². The third-order valence-electron chi connectivity index (χ3n) is 4.86. The van der Waals surface area contributed by atoms with Gasteiger partial charge in [-0.15, -0.1) is 0 Å². The van der Waals surface area contributed by atoms with E-state index in [-0.39, 0.29) is 0 Å². The van der Waals surface area contributed by atoms with E-state index in [4.69, 9.17) is 4.98 Å². The topological polar surface area (TPSA) is 59.7 Å². The molecule has 1 aliphatic rings. The molecule has 1 saturated heterocycles. The lowest BCUT2D eigenvalue weighted by molar-refractivity contribution is 0.494. The van der Waals surface area contributed by atoms with E-state index in [0.29, 0.717) is 11.8 Å². The third-order valence-corrected chi connectivity index (χ3v) is 4.86. The molecule has 6 nitrogen and oxygen atoms in total. The van der Waals surface area contributed by atoms with Crippen molar-refractivity contribution in [1.82, 2.24) is 24.5 Å². The highest BCUT2D eigenvalue weighted by Gasteiger charge is 2.24. The van der Waals surface area contributed by atoms with Crippen LogP contribution in [0.3, 0.4) is 0 Å². The van der Waals surface area contributed by atoms with Crippen LogP contribution in [-0.4, -0.2) is 37.6 Å². The summed E-state index contributed by atoms with van der Waals surface area (Å²) < 4.78 is 2.09. The van der Waals surface area contributed by atoms with Gasteiger partial charge in [0.25, 0.3) is 0 Å². The molecular weight excluding hydrogens is 324 g/mol. The maximum Gasteiger partial charge on any atom is 0.225 e. The fourth-order valence-corrected chi connectivity index (χ4v) is 3.59. The molecule has 134 valence electrons. The van der Waals surface area contributed by atoms with Crippen LogP contribution in [0, 0.1) is 0 Å². The first-order valence-electron chi connectivity index (χ1n) is 9.25.